The number of rotatable bonds is 6. The number of amides is 1. The third-order valence-electron chi connectivity index (χ3n) is 4.07. The summed E-state index contributed by atoms with van der Waals surface area (Å²) in [4.78, 5) is 12.0. The van der Waals surface area contributed by atoms with Gasteiger partial charge in [0.1, 0.15) is 5.75 Å². The van der Waals surface area contributed by atoms with Crippen molar-refractivity contribution in [2.45, 2.75) is 26.2 Å². The van der Waals surface area contributed by atoms with Gasteiger partial charge in [0.2, 0.25) is 0 Å². The van der Waals surface area contributed by atoms with E-state index in [-0.39, 0.29) is 17.9 Å². The highest BCUT2D eigenvalue weighted by atomic mass is 16.5. The van der Waals surface area contributed by atoms with E-state index in [4.69, 9.17) is 4.74 Å². The molecule has 2 aromatic carbocycles. The topological polar surface area (TPSA) is 76.1 Å². The number of para-hydroxylation sites is 1. The molecule has 0 aliphatic heterocycles. The Balaban J connectivity index is 1.52. The van der Waals surface area contributed by atoms with Gasteiger partial charge in [-0.3, -0.25) is 4.79 Å². The van der Waals surface area contributed by atoms with Gasteiger partial charge in [-0.2, -0.15) is 0 Å². The van der Waals surface area contributed by atoms with Gasteiger partial charge >= 0.3 is 0 Å². The molecule has 3 aromatic rings. The van der Waals surface area contributed by atoms with Crippen molar-refractivity contribution >= 4 is 23.2 Å². The molecule has 144 valence electrons. The van der Waals surface area contributed by atoms with Crippen LogP contribution in [0.3, 0.4) is 0 Å². The molecule has 0 fully saturated rings. The third kappa shape index (κ3) is 5.54. The Hall–Kier alpha value is -3.41. The minimum Gasteiger partial charge on any atom is -0.484 e. The molecule has 0 radical (unpaired) electrons. The summed E-state index contributed by atoms with van der Waals surface area (Å²) in [5.74, 6) is 1.31. The summed E-state index contributed by atoms with van der Waals surface area (Å²) in [6, 6.07) is 20.8. The van der Waals surface area contributed by atoms with Gasteiger partial charge in [-0.15, -0.1) is 10.2 Å². The van der Waals surface area contributed by atoms with Crippen LogP contribution in [-0.4, -0.2) is 22.7 Å². The van der Waals surface area contributed by atoms with Crippen LogP contribution in [0.4, 0.5) is 17.3 Å². The highest BCUT2D eigenvalue weighted by Gasteiger charge is 2.13. The Morgan fingerprint density at radius 1 is 0.893 bits per heavy atom. The summed E-state index contributed by atoms with van der Waals surface area (Å²) in [6.45, 7) is 6.45. The van der Waals surface area contributed by atoms with Crippen molar-refractivity contribution in [3.8, 4) is 5.75 Å². The van der Waals surface area contributed by atoms with Crippen molar-refractivity contribution in [3.05, 3.63) is 72.3 Å². The van der Waals surface area contributed by atoms with Gasteiger partial charge in [0.05, 0.1) is 0 Å². The van der Waals surface area contributed by atoms with Crippen molar-refractivity contribution < 1.29 is 9.53 Å². The first-order valence-electron chi connectivity index (χ1n) is 9.09. The van der Waals surface area contributed by atoms with Crippen LogP contribution in [0.15, 0.2) is 66.7 Å². The van der Waals surface area contributed by atoms with Gasteiger partial charge in [0, 0.05) is 5.69 Å². The molecule has 3 rings (SSSR count). The second kappa shape index (κ2) is 8.52. The molecular weight excluding hydrogens is 352 g/mol. The minimum absolute atomic E-state index is 0.0914. The lowest BCUT2D eigenvalue weighted by molar-refractivity contribution is -0.118. The monoisotopic (exact) mass is 376 g/mol. The Morgan fingerprint density at radius 3 is 2.14 bits per heavy atom. The molecule has 0 saturated carbocycles. The number of ether oxygens (including phenoxy) is 1. The zero-order valence-electron chi connectivity index (χ0n) is 16.3. The van der Waals surface area contributed by atoms with Gasteiger partial charge in [-0.05, 0) is 47.4 Å². The maximum Gasteiger partial charge on any atom is 0.263 e. The molecule has 1 amide bonds. The average molecular weight is 376 g/mol. The van der Waals surface area contributed by atoms with Crippen molar-refractivity contribution in [1.29, 1.82) is 0 Å². The third-order valence-corrected chi connectivity index (χ3v) is 4.07. The summed E-state index contributed by atoms with van der Waals surface area (Å²) in [7, 11) is 0. The molecule has 6 nitrogen and oxygen atoms in total. The summed E-state index contributed by atoms with van der Waals surface area (Å²) >= 11 is 0. The second-order valence-corrected chi connectivity index (χ2v) is 7.41. The number of hydrogen-bond acceptors (Lipinski definition) is 5. The average Bonchev–Trinajstić information content (AvgIpc) is 2.68. The maximum atomic E-state index is 12.0. The van der Waals surface area contributed by atoms with Gasteiger partial charge in [-0.1, -0.05) is 51.1 Å². The first-order chi connectivity index (χ1) is 13.4. The second-order valence-electron chi connectivity index (χ2n) is 7.41. The quantitative estimate of drug-likeness (QED) is 0.661. The normalized spacial score (nSPS) is 11.0. The molecule has 1 heterocycles. The molecular formula is C22H24N4O2. The number of carbonyl (C=O) groups excluding carboxylic acids is 1. The molecule has 1 aromatic heterocycles. The molecule has 0 aliphatic rings. The fourth-order valence-corrected chi connectivity index (χ4v) is 2.51. The Bertz CT molecular complexity index is 902. The number of nitrogens with zero attached hydrogens (tertiary/aromatic N) is 2. The van der Waals surface area contributed by atoms with Crippen LogP contribution in [0.1, 0.15) is 26.3 Å². The predicted molar refractivity (Wildman–Crippen MR) is 111 cm³/mol. The van der Waals surface area contributed by atoms with E-state index in [1.807, 2.05) is 30.3 Å². The highest BCUT2D eigenvalue weighted by molar-refractivity contribution is 5.90. The van der Waals surface area contributed by atoms with Gasteiger partial charge < -0.3 is 15.4 Å². The molecule has 0 aliphatic carbocycles. The van der Waals surface area contributed by atoms with Crippen molar-refractivity contribution in [3.63, 3.8) is 0 Å². The highest BCUT2D eigenvalue weighted by Crippen LogP contribution is 2.24. The van der Waals surface area contributed by atoms with E-state index in [2.05, 4.69) is 53.7 Å². The van der Waals surface area contributed by atoms with Crippen molar-refractivity contribution in [2.75, 3.05) is 17.2 Å². The molecule has 0 spiro atoms. The maximum absolute atomic E-state index is 12.0. The first kappa shape index (κ1) is 19.4. The summed E-state index contributed by atoms with van der Waals surface area (Å²) in [5, 5.41) is 14.0. The molecule has 28 heavy (non-hydrogen) atoms. The lowest BCUT2D eigenvalue weighted by Crippen LogP contribution is -2.21. The minimum atomic E-state index is -0.295. The van der Waals surface area contributed by atoms with E-state index in [1.54, 1.807) is 24.3 Å². The smallest absolute Gasteiger partial charge is 0.263 e. The van der Waals surface area contributed by atoms with Crippen LogP contribution in [0.5, 0.6) is 5.75 Å². The molecule has 0 bridgehead atoms. The zero-order chi connectivity index (χ0) is 20.0. The Kier molecular flexibility index (Phi) is 5.89. The summed E-state index contributed by atoms with van der Waals surface area (Å²) < 4.78 is 5.40. The zero-order valence-corrected chi connectivity index (χ0v) is 16.3. The SMILES string of the molecule is CC(C)(C)c1ccc(Nc2ccc(NC(=O)COc3ccccc3)nn2)cc1. The molecule has 2 N–H and O–H groups in total. The number of nitrogens with one attached hydrogen (secondary N) is 2. The van der Waals surface area contributed by atoms with Crippen molar-refractivity contribution in [1.82, 2.24) is 10.2 Å². The number of hydrogen-bond donors (Lipinski definition) is 2. The first-order valence-corrected chi connectivity index (χ1v) is 9.09. The largest absolute Gasteiger partial charge is 0.484 e. The Morgan fingerprint density at radius 2 is 1.54 bits per heavy atom. The van der Waals surface area contributed by atoms with E-state index < -0.39 is 0 Å². The van der Waals surface area contributed by atoms with E-state index in [9.17, 15) is 4.79 Å². The summed E-state index contributed by atoms with van der Waals surface area (Å²) in [6.07, 6.45) is 0. The number of carbonyl (C=O) groups is 1. The van der Waals surface area contributed by atoms with Crippen molar-refractivity contribution in [2.24, 2.45) is 0 Å². The van der Waals surface area contributed by atoms with E-state index >= 15 is 0 Å². The number of aromatic nitrogens is 2. The van der Waals surface area contributed by atoms with Crippen LogP contribution in [-0.2, 0) is 10.2 Å². The molecule has 0 unspecified atom stereocenters. The fourth-order valence-electron chi connectivity index (χ4n) is 2.51. The molecule has 0 saturated heterocycles. The fraction of sp³-hybridized carbons (Fsp3) is 0.227. The van der Waals surface area contributed by atoms with Crippen LogP contribution in [0.25, 0.3) is 0 Å². The number of anilines is 3. The van der Waals surface area contributed by atoms with Gasteiger partial charge in [0.25, 0.3) is 5.91 Å². The van der Waals surface area contributed by atoms with Crippen LogP contribution in [0.2, 0.25) is 0 Å². The lowest BCUT2D eigenvalue weighted by atomic mass is 9.87. The molecule has 6 heteroatoms. The number of benzene rings is 2. The summed E-state index contributed by atoms with van der Waals surface area (Å²) in [5.41, 5.74) is 2.30. The predicted octanol–water partition coefficient (Wildman–Crippen LogP) is 4.54. The van der Waals surface area contributed by atoms with E-state index in [0.29, 0.717) is 17.4 Å². The van der Waals surface area contributed by atoms with E-state index in [0.717, 1.165) is 5.69 Å². The van der Waals surface area contributed by atoms with Crippen LogP contribution in [0, 0.1) is 0 Å². The Labute approximate surface area is 165 Å². The van der Waals surface area contributed by atoms with E-state index in [1.165, 1.54) is 5.56 Å². The standard InChI is InChI=1S/C22H24N4O2/c1-22(2,3)16-9-11-17(12-10-16)23-19-13-14-20(26-25-19)24-21(27)15-28-18-7-5-4-6-8-18/h4-14H,15H2,1-3H3,(H,23,25)(H,24,26,27). The van der Waals surface area contributed by atoms with Gasteiger partial charge in [0.15, 0.2) is 18.2 Å². The lowest BCUT2D eigenvalue weighted by Gasteiger charge is -2.19. The molecule has 0 atom stereocenters. The van der Waals surface area contributed by atoms with Crippen LogP contribution >= 0.6 is 0 Å². The van der Waals surface area contributed by atoms with Crippen LogP contribution < -0.4 is 15.4 Å². The van der Waals surface area contributed by atoms with Gasteiger partial charge in [-0.25, -0.2) is 0 Å².